The van der Waals surface area contributed by atoms with Gasteiger partial charge in [-0.1, -0.05) is 13.8 Å². The number of ether oxygens (including phenoxy) is 2. The Bertz CT molecular complexity index is 85.3. The van der Waals surface area contributed by atoms with Crippen LogP contribution in [0.3, 0.4) is 0 Å². The van der Waals surface area contributed by atoms with Crippen LogP contribution in [0, 0.1) is 5.92 Å². The molecule has 1 aliphatic heterocycles. The van der Waals surface area contributed by atoms with Crippen molar-refractivity contribution in [1.82, 2.24) is 0 Å². The Morgan fingerprint density at radius 3 is 2.70 bits per heavy atom. The highest BCUT2D eigenvalue weighted by atomic mass is 16.6. The van der Waals surface area contributed by atoms with Crippen LogP contribution in [0.5, 0.6) is 0 Å². The zero-order valence-corrected chi connectivity index (χ0v) is 6.72. The van der Waals surface area contributed by atoms with Gasteiger partial charge in [-0.05, 0) is 12.3 Å². The zero-order valence-electron chi connectivity index (χ0n) is 6.72. The molecule has 0 bridgehead atoms. The normalized spacial score (nSPS) is 27.3. The minimum Gasteiger partial charge on any atom is -0.376 e. The van der Waals surface area contributed by atoms with Crippen molar-refractivity contribution in [2.75, 3.05) is 19.8 Å². The van der Waals surface area contributed by atoms with Gasteiger partial charge in [-0.25, -0.2) is 0 Å². The highest BCUT2D eigenvalue weighted by Crippen LogP contribution is 2.12. The van der Waals surface area contributed by atoms with Gasteiger partial charge in [-0.3, -0.25) is 0 Å². The maximum atomic E-state index is 5.44. The topological polar surface area (TPSA) is 18.5 Å². The van der Waals surface area contributed by atoms with Crippen molar-refractivity contribution in [2.24, 2.45) is 0 Å². The van der Waals surface area contributed by atoms with Gasteiger partial charge in [0.2, 0.25) is 0 Å². The molecule has 0 N–H and O–H groups in total. The molecule has 1 atom stereocenters. The Balaban J connectivity index is 2.13. The van der Waals surface area contributed by atoms with Gasteiger partial charge in [0, 0.05) is 0 Å². The largest absolute Gasteiger partial charge is 0.376 e. The fraction of sp³-hybridized carbons (Fsp3) is 0.875. The van der Waals surface area contributed by atoms with E-state index in [0.29, 0.717) is 6.10 Å². The van der Waals surface area contributed by atoms with Crippen molar-refractivity contribution < 1.29 is 9.47 Å². The van der Waals surface area contributed by atoms with Gasteiger partial charge < -0.3 is 9.47 Å². The smallest absolute Gasteiger partial charge is 0.0814 e. The second kappa shape index (κ2) is 3.94. The minimum absolute atomic E-state index is 0.318. The van der Waals surface area contributed by atoms with Crippen LogP contribution in [0.4, 0.5) is 0 Å². The molecule has 1 radical (unpaired) electrons. The van der Waals surface area contributed by atoms with Gasteiger partial charge in [-0.15, -0.1) is 0 Å². The predicted molar refractivity (Wildman–Crippen MR) is 39.8 cm³/mol. The lowest BCUT2D eigenvalue weighted by Crippen LogP contribution is -2.29. The summed E-state index contributed by atoms with van der Waals surface area (Å²) in [6.45, 7) is 6.54. The molecule has 2 nitrogen and oxygen atoms in total. The monoisotopic (exact) mass is 143 g/mol. The second-order valence-electron chi connectivity index (χ2n) is 2.98. The molecule has 1 fully saturated rings. The summed E-state index contributed by atoms with van der Waals surface area (Å²) in [6, 6.07) is 0. The van der Waals surface area contributed by atoms with Crippen LogP contribution in [0.1, 0.15) is 20.3 Å². The Kier molecular flexibility index (Phi) is 3.16. The van der Waals surface area contributed by atoms with E-state index < -0.39 is 0 Å². The van der Waals surface area contributed by atoms with Crippen molar-refractivity contribution in [3.63, 3.8) is 0 Å². The minimum atomic E-state index is 0.318. The Hall–Kier alpha value is -0.0800. The van der Waals surface area contributed by atoms with Crippen LogP contribution in [0.15, 0.2) is 0 Å². The molecule has 0 amide bonds. The SMILES string of the molecule is C[C](C)CC1COCCO1. The zero-order chi connectivity index (χ0) is 7.40. The van der Waals surface area contributed by atoms with Crippen LogP contribution in [0.25, 0.3) is 0 Å². The summed E-state index contributed by atoms with van der Waals surface area (Å²) >= 11 is 0. The first kappa shape index (κ1) is 8.02. The molecule has 1 aliphatic rings. The van der Waals surface area contributed by atoms with E-state index in [1.807, 2.05) is 0 Å². The Morgan fingerprint density at radius 2 is 2.20 bits per heavy atom. The second-order valence-corrected chi connectivity index (χ2v) is 2.98. The van der Waals surface area contributed by atoms with Crippen molar-refractivity contribution in [1.29, 1.82) is 0 Å². The van der Waals surface area contributed by atoms with E-state index in [-0.39, 0.29) is 0 Å². The van der Waals surface area contributed by atoms with E-state index in [0.717, 1.165) is 26.2 Å². The summed E-state index contributed by atoms with van der Waals surface area (Å²) in [4.78, 5) is 0. The molecule has 0 saturated carbocycles. The van der Waals surface area contributed by atoms with Gasteiger partial charge in [0.25, 0.3) is 0 Å². The summed E-state index contributed by atoms with van der Waals surface area (Å²) in [5, 5.41) is 0. The first-order valence-corrected chi connectivity index (χ1v) is 3.77. The van der Waals surface area contributed by atoms with Crippen LogP contribution in [0.2, 0.25) is 0 Å². The van der Waals surface area contributed by atoms with E-state index in [9.17, 15) is 0 Å². The fourth-order valence-electron chi connectivity index (χ4n) is 1.11. The first-order valence-electron chi connectivity index (χ1n) is 3.77. The molecule has 0 spiro atoms. The van der Waals surface area contributed by atoms with Crippen LogP contribution in [-0.4, -0.2) is 25.9 Å². The average Bonchev–Trinajstić information content (AvgIpc) is 1.88. The molecular formula is C8H15O2. The van der Waals surface area contributed by atoms with Crippen molar-refractivity contribution in [3.8, 4) is 0 Å². The molecule has 1 heterocycles. The van der Waals surface area contributed by atoms with Crippen molar-refractivity contribution >= 4 is 0 Å². The number of hydrogen-bond acceptors (Lipinski definition) is 2. The fourth-order valence-corrected chi connectivity index (χ4v) is 1.11. The maximum Gasteiger partial charge on any atom is 0.0814 e. The van der Waals surface area contributed by atoms with Gasteiger partial charge in [0.05, 0.1) is 25.9 Å². The number of rotatable bonds is 2. The maximum absolute atomic E-state index is 5.44. The van der Waals surface area contributed by atoms with Gasteiger partial charge >= 0.3 is 0 Å². The first-order chi connectivity index (χ1) is 4.79. The molecule has 0 aromatic heterocycles. The molecule has 10 heavy (non-hydrogen) atoms. The quantitative estimate of drug-likeness (QED) is 0.582. The van der Waals surface area contributed by atoms with Crippen molar-refractivity contribution in [3.05, 3.63) is 5.92 Å². The Morgan fingerprint density at radius 1 is 1.40 bits per heavy atom. The van der Waals surface area contributed by atoms with Crippen molar-refractivity contribution in [2.45, 2.75) is 26.4 Å². The third-order valence-electron chi connectivity index (χ3n) is 1.52. The van der Waals surface area contributed by atoms with Crippen LogP contribution >= 0.6 is 0 Å². The molecule has 1 unspecified atom stereocenters. The third-order valence-corrected chi connectivity index (χ3v) is 1.52. The van der Waals surface area contributed by atoms with Gasteiger partial charge in [-0.2, -0.15) is 0 Å². The van der Waals surface area contributed by atoms with Crippen LogP contribution in [-0.2, 0) is 9.47 Å². The lowest BCUT2D eigenvalue weighted by molar-refractivity contribution is -0.0888. The summed E-state index contributed by atoms with van der Waals surface area (Å²) < 4.78 is 10.7. The summed E-state index contributed by atoms with van der Waals surface area (Å²) in [5.74, 6) is 1.41. The summed E-state index contributed by atoms with van der Waals surface area (Å²) in [5.41, 5.74) is 0. The molecular weight excluding hydrogens is 128 g/mol. The molecule has 0 aromatic carbocycles. The van der Waals surface area contributed by atoms with E-state index in [4.69, 9.17) is 9.47 Å². The average molecular weight is 143 g/mol. The molecule has 2 heteroatoms. The molecule has 1 rings (SSSR count). The molecule has 0 aromatic rings. The van der Waals surface area contributed by atoms with Gasteiger partial charge in [0.15, 0.2) is 0 Å². The standard InChI is InChI=1S/C8H15O2/c1-7(2)5-8-6-9-3-4-10-8/h8H,3-6H2,1-2H3. The van der Waals surface area contributed by atoms with E-state index in [2.05, 4.69) is 13.8 Å². The molecule has 0 aliphatic carbocycles. The highest BCUT2D eigenvalue weighted by Gasteiger charge is 2.14. The summed E-state index contributed by atoms with van der Waals surface area (Å²) in [6.07, 6.45) is 1.36. The molecule has 59 valence electrons. The lowest BCUT2D eigenvalue weighted by Gasteiger charge is -2.23. The number of hydrogen-bond donors (Lipinski definition) is 0. The lowest BCUT2D eigenvalue weighted by atomic mass is 10.1. The van der Waals surface area contributed by atoms with E-state index >= 15 is 0 Å². The highest BCUT2D eigenvalue weighted by molar-refractivity contribution is 4.81. The van der Waals surface area contributed by atoms with E-state index in [1.165, 1.54) is 5.92 Å². The summed E-state index contributed by atoms with van der Waals surface area (Å²) in [7, 11) is 0. The van der Waals surface area contributed by atoms with Gasteiger partial charge in [0.1, 0.15) is 0 Å². The van der Waals surface area contributed by atoms with Crippen LogP contribution < -0.4 is 0 Å². The predicted octanol–water partition coefficient (Wildman–Crippen LogP) is 1.41. The third kappa shape index (κ3) is 2.67. The Labute approximate surface area is 62.5 Å². The molecule has 1 saturated heterocycles. The van der Waals surface area contributed by atoms with E-state index in [1.54, 1.807) is 0 Å².